The average Bonchev–Trinajstić information content (AvgIpc) is 2.49. The Morgan fingerprint density at radius 1 is 0.667 bits per heavy atom. The van der Waals surface area contributed by atoms with E-state index in [4.69, 9.17) is 0 Å². The fraction of sp³-hybridized carbons (Fsp3) is 1.00. The van der Waals surface area contributed by atoms with Gasteiger partial charge in [-0.05, 0) is 51.9 Å². The minimum Gasteiger partial charge on any atom is -0.391 e. The number of hydrogen-bond acceptors (Lipinski definition) is 5. The van der Waals surface area contributed by atoms with Crippen molar-refractivity contribution in [1.29, 1.82) is 0 Å². The molecule has 2 saturated heterocycles. The molecule has 2 unspecified atom stereocenters. The summed E-state index contributed by atoms with van der Waals surface area (Å²) in [5, 5.41) is 20.2. The molecule has 124 valence electrons. The van der Waals surface area contributed by atoms with E-state index in [2.05, 4.69) is 9.80 Å². The number of piperidine rings is 2. The van der Waals surface area contributed by atoms with Gasteiger partial charge in [0.1, 0.15) is 0 Å². The van der Waals surface area contributed by atoms with E-state index in [1.165, 1.54) is 38.5 Å². The first kappa shape index (κ1) is 17.5. The number of nitrogens with zero attached hydrogens (tertiary/aromatic N) is 2. The van der Waals surface area contributed by atoms with Crippen molar-refractivity contribution >= 4 is 11.8 Å². The fourth-order valence-corrected chi connectivity index (χ4v) is 4.22. The van der Waals surface area contributed by atoms with Crippen LogP contribution in [-0.4, -0.2) is 83.0 Å². The van der Waals surface area contributed by atoms with Gasteiger partial charge in [-0.1, -0.05) is 12.8 Å². The van der Waals surface area contributed by atoms with Crippen LogP contribution in [0.25, 0.3) is 0 Å². The minimum atomic E-state index is -0.254. The minimum absolute atomic E-state index is 0.254. The van der Waals surface area contributed by atoms with Crippen molar-refractivity contribution in [2.24, 2.45) is 0 Å². The van der Waals surface area contributed by atoms with Crippen LogP contribution in [0, 0.1) is 0 Å². The quantitative estimate of drug-likeness (QED) is 0.709. The number of aliphatic hydroxyl groups is 2. The molecule has 2 aliphatic rings. The highest BCUT2D eigenvalue weighted by Crippen LogP contribution is 2.13. The first-order valence-electron chi connectivity index (χ1n) is 8.62. The summed E-state index contributed by atoms with van der Waals surface area (Å²) in [5.74, 6) is 1.49. The van der Waals surface area contributed by atoms with Crippen molar-refractivity contribution < 1.29 is 10.2 Å². The van der Waals surface area contributed by atoms with Crippen molar-refractivity contribution in [2.45, 2.75) is 50.7 Å². The van der Waals surface area contributed by atoms with Crippen molar-refractivity contribution in [3.05, 3.63) is 0 Å². The Morgan fingerprint density at radius 3 is 1.43 bits per heavy atom. The SMILES string of the molecule is OC(CSCC(O)CN1CCCCC1)CN1CCCCC1. The topological polar surface area (TPSA) is 46.9 Å². The molecule has 0 spiro atoms. The summed E-state index contributed by atoms with van der Waals surface area (Å²) in [6.07, 6.45) is 7.25. The number of hydrogen-bond donors (Lipinski definition) is 2. The smallest absolute Gasteiger partial charge is 0.0757 e. The molecular formula is C16H32N2O2S. The van der Waals surface area contributed by atoms with Crippen LogP contribution >= 0.6 is 11.8 Å². The molecule has 5 heteroatoms. The lowest BCUT2D eigenvalue weighted by Gasteiger charge is -2.29. The third-order valence-corrected chi connectivity index (χ3v) is 5.70. The molecule has 0 bridgehead atoms. The van der Waals surface area contributed by atoms with E-state index >= 15 is 0 Å². The Bertz CT molecular complexity index is 243. The maximum absolute atomic E-state index is 10.1. The average molecular weight is 317 g/mol. The predicted octanol–water partition coefficient (Wildman–Crippen LogP) is 1.41. The molecule has 2 atom stereocenters. The Balaban J connectivity index is 1.51. The molecule has 2 heterocycles. The van der Waals surface area contributed by atoms with Gasteiger partial charge in [0.05, 0.1) is 12.2 Å². The van der Waals surface area contributed by atoms with Gasteiger partial charge >= 0.3 is 0 Å². The lowest BCUT2D eigenvalue weighted by Crippen LogP contribution is -2.38. The number of thioether (sulfide) groups is 1. The van der Waals surface area contributed by atoms with Gasteiger partial charge in [-0.25, -0.2) is 0 Å². The Labute approximate surface area is 133 Å². The molecule has 0 aromatic rings. The molecule has 0 radical (unpaired) electrons. The predicted molar refractivity (Wildman–Crippen MR) is 89.9 cm³/mol. The Hall–Kier alpha value is 0.190. The van der Waals surface area contributed by atoms with E-state index in [0.29, 0.717) is 0 Å². The van der Waals surface area contributed by atoms with Crippen LogP contribution in [0.1, 0.15) is 38.5 Å². The zero-order chi connectivity index (χ0) is 14.9. The number of rotatable bonds is 8. The van der Waals surface area contributed by atoms with Crippen LogP contribution in [0.15, 0.2) is 0 Å². The van der Waals surface area contributed by atoms with E-state index in [1.807, 2.05) is 0 Å². The second-order valence-electron chi connectivity index (χ2n) is 6.57. The van der Waals surface area contributed by atoms with Crippen molar-refractivity contribution in [3.8, 4) is 0 Å². The normalized spacial score (nSPS) is 24.9. The Kier molecular flexibility index (Phi) is 8.40. The fourth-order valence-electron chi connectivity index (χ4n) is 3.33. The highest BCUT2D eigenvalue weighted by atomic mass is 32.2. The summed E-state index contributed by atoms with van der Waals surface area (Å²) >= 11 is 1.69. The molecule has 2 rings (SSSR count). The van der Waals surface area contributed by atoms with Crippen LogP contribution in [0.4, 0.5) is 0 Å². The third kappa shape index (κ3) is 7.33. The molecule has 0 aromatic carbocycles. The van der Waals surface area contributed by atoms with Crippen molar-refractivity contribution in [1.82, 2.24) is 9.80 Å². The van der Waals surface area contributed by atoms with E-state index in [1.54, 1.807) is 11.8 Å². The van der Waals surface area contributed by atoms with Gasteiger partial charge in [-0.2, -0.15) is 11.8 Å². The summed E-state index contributed by atoms with van der Waals surface area (Å²) in [6, 6.07) is 0. The summed E-state index contributed by atoms with van der Waals surface area (Å²) in [6.45, 7) is 6.15. The maximum atomic E-state index is 10.1. The lowest BCUT2D eigenvalue weighted by atomic mass is 10.1. The number of likely N-dealkylation sites (tertiary alicyclic amines) is 2. The molecule has 2 aliphatic heterocycles. The number of aliphatic hydroxyl groups excluding tert-OH is 2. The molecule has 4 nitrogen and oxygen atoms in total. The van der Waals surface area contributed by atoms with Crippen LogP contribution in [0.5, 0.6) is 0 Å². The zero-order valence-corrected chi connectivity index (χ0v) is 14.1. The van der Waals surface area contributed by atoms with Gasteiger partial charge in [0.25, 0.3) is 0 Å². The van der Waals surface area contributed by atoms with Crippen molar-refractivity contribution in [3.63, 3.8) is 0 Å². The van der Waals surface area contributed by atoms with Gasteiger partial charge < -0.3 is 20.0 Å². The molecule has 21 heavy (non-hydrogen) atoms. The highest BCUT2D eigenvalue weighted by Gasteiger charge is 2.17. The molecular weight excluding hydrogens is 284 g/mol. The summed E-state index contributed by atoms with van der Waals surface area (Å²) in [5.41, 5.74) is 0. The summed E-state index contributed by atoms with van der Waals surface area (Å²) in [4.78, 5) is 4.75. The van der Waals surface area contributed by atoms with Gasteiger partial charge in [0.15, 0.2) is 0 Å². The van der Waals surface area contributed by atoms with E-state index in [-0.39, 0.29) is 12.2 Å². The maximum Gasteiger partial charge on any atom is 0.0757 e. The molecule has 2 N–H and O–H groups in total. The largest absolute Gasteiger partial charge is 0.391 e. The lowest BCUT2D eigenvalue weighted by molar-refractivity contribution is 0.113. The highest BCUT2D eigenvalue weighted by molar-refractivity contribution is 7.99. The van der Waals surface area contributed by atoms with Crippen LogP contribution in [0.2, 0.25) is 0 Å². The van der Waals surface area contributed by atoms with E-state index in [9.17, 15) is 10.2 Å². The molecule has 0 saturated carbocycles. The standard InChI is InChI=1S/C16H32N2O2S/c19-15(11-17-7-3-1-4-8-17)13-21-14-16(20)12-18-9-5-2-6-10-18/h15-16,19-20H,1-14H2. The molecule has 0 aliphatic carbocycles. The number of β-amino-alcohol motifs (C(OH)–C–C–N with tert-alkyl or cyclic N) is 2. The van der Waals surface area contributed by atoms with E-state index < -0.39 is 0 Å². The molecule has 0 amide bonds. The monoisotopic (exact) mass is 316 g/mol. The molecule has 2 fully saturated rings. The van der Waals surface area contributed by atoms with Crippen LogP contribution < -0.4 is 0 Å². The zero-order valence-electron chi connectivity index (χ0n) is 13.3. The van der Waals surface area contributed by atoms with Gasteiger partial charge in [0.2, 0.25) is 0 Å². The summed E-state index contributed by atoms with van der Waals surface area (Å²) < 4.78 is 0. The third-order valence-electron chi connectivity index (χ3n) is 4.46. The second-order valence-corrected chi connectivity index (χ2v) is 7.64. The van der Waals surface area contributed by atoms with E-state index in [0.717, 1.165) is 50.8 Å². The van der Waals surface area contributed by atoms with Crippen molar-refractivity contribution in [2.75, 3.05) is 50.8 Å². The van der Waals surface area contributed by atoms with Gasteiger partial charge in [-0.15, -0.1) is 0 Å². The van der Waals surface area contributed by atoms with Crippen LogP contribution in [-0.2, 0) is 0 Å². The van der Waals surface area contributed by atoms with Gasteiger partial charge in [0, 0.05) is 24.6 Å². The second kappa shape index (κ2) is 10.1. The first-order valence-corrected chi connectivity index (χ1v) is 9.78. The van der Waals surface area contributed by atoms with Crippen LogP contribution in [0.3, 0.4) is 0 Å². The summed E-state index contributed by atoms with van der Waals surface area (Å²) in [7, 11) is 0. The first-order chi connectivity index (χ1) is 10.2. The van der Waals surface area contributed by atoms with Gasteiger partial charge in [-0.3, -0.25) is 0 Å². The Morgan fingerprint density at radius 2 is 1.05 bits per heavy atom. The molecule has 0 aromatic heterocycles.